The average molecular weight is 423 g/mol. The van der Waals surface area contributed by atoms with Gasteiger partial charge in [0.25, 0.3) is 5.91 Å². The van der Waals surface area contributed by atoms with Crippen molar-refractivity contribution in [2.24, 2.45) is 4.99 Å². The van der Waals surface area contributed by atoms with E-state index in [0.717, 1.165) is 43.0 Å². The molecule has 2 rings (SSSR count). The summed E-state index contributed by atoms with van der Waals surface area (Å²) in [6.07, 6.45) is 4.13. The summed E-state index contributed by atoms with van der Waals surface area (Å²) >= 11 is 0. The first-order valence-electron chi connectivity index (χ1n) is 10.2. The number of carbonyl (C=O) groups is 1. The lowest BCUT2D eigenvalue weighted by Crippen LogP contribution is -2.46. The zero-order valence-electron chi connectivity index (χ0n) is 17.9. The summed E-state index contributed by atoms with van der Waals surface area (Å²) in [6.45, 7) is 2.60. The number of amides is 1. The van der Waals surface area contributed by atoms with E-state index in [9.17, 15) is 9.00 Å². The van der Waals surface area contributed by atoms with Crippen molar-refractivity contribution in [1.82, 2.24) is 15.5 Å². The lowest BCUT2D eigenvalue weighted by molar-refractivity contribution is -0.130. The summed E-state index contributed by atoms with van der Waals surface area (Å²) in [5.74, 6) is 2.06. The van der Waals surface area contributed by atoms with Gasteiger partial charge in [0.2, 0.25) is 0 Å². The molecule has 0 aromatic heterocycles. The van der Waals surface area contributed by atoms with E-state index in [4.69, 9.17) is 4.74 Å². The average Bonchev–Trinajstić information content (AvgIpc) is 2.74. The Morgan fingerprint density at radius 1 is 1.34 bits per heavy atom. The SMILES string of the molecule is CCS(=O)C1CCCC(NC(=NC)NCc2cccc(OCC(=O)N(C)C)c2)C1. The van der Waals surface area contributed by atoms with E-state index in [0.29, 0.717) is 18.3 Å². The van der Waals surface area contributed by atoms with E-state index in [1.807, 2.05) is 31.2 Å². The molecule has 2 N–H and O–H groups in total. The zero-order chi connectivity index (χ0) is 21.2. The molecular weight excluding hydrogens is 388 g/mol. The van der Waals surface area contributed by atoms with E-state index in [1.54, 1.807) is 21.1 Å². The monoisotopic (exact) mass is 422 g/mol. The van der Waals surface area contributed by atoms with Gasteiger partial charge in [0.15, 0.2) is 12.6 Å². The maximum atomic E-state index is 12.1. The Bertz CT molecular complexity index is 724. The van der Waals surface area contributed by atoms with E-state index in [-0.39, 0.29) is 17.8 Å². The van der Waals surface area contributed by atoms with Crippen LogP contribution in [0.15, 0.2) is 29.3 Å². The highest BCUT2D eigenvalue weighted by Gasteiger charge is 2.26. The third-order valence-electron chi connectivity index (χ3n) is 5.07. The van der Waals surface area contributed by atoms with E-state index >= 15 is 0 Å². The number of guanidine groups is 1. The third kappa shape index (κ3) is 7.68. The quantitative estimate of drug-likeness (QED) is 0.494. The minimum absolute atomic E-state index is 0.0229. The van der Waals surface area contributed by atoms with Crippen LogP contribution in [0.2, 0.25) is 0 Å². The molecule has 0 saturated heterocycles. The van der Waals surface area contributed by atoms with Gasteiger partial charge >= 0.3 is 0 Å². The van der Waals surface area contributed by atoms with Crippen molar-refractivity contribution in [3.05, 3.63) is 29.8 Å². The number of rotatable bonds is 8. The van der Waals surface area contributed by atoms with Gasteiger partial charge in [0.1, 0.15) is 5.75 Å². The highest BCUT2D eigenvalue weighted by Crippen LogP contribution is 2.23. The number of aliphatic imine (C=N–C) groups is 1. The number of nitrogens with one attached hydrogen (secondary N) is 2. The zero-order valence-corrected chi connectivity index (χ0v) is 18.8. The predicted molar refractivity (Wildman–Crippen MR) is 119 cm³/mol. The number of likely N-dealkylation sites (N-methyl/N-ethyl adjacent to an activating group) is 1. The number of carbonyl (C=O) groups excluding carboxylic acids is 1. The Labute approximate surface area is 176 Å². The van der Waals surface area contributed by atoms with E-state index in [2.05, 4.69) is 15.6 Å². The molecule has 8 heteroatoms. The van der Waals surface area contributed by atoms with Gasteiger partial charge in [-0.3, -0.25) is 14.0 Å². The maximum absolute atomic E-state index is 12.1. The highest BCUT2D eigenvalue weighted by molar-refractivity contribution is 7.85. The molecule has 7 nitrogen and oxygen atoms in total. The molecule has 1 fully saturated rings. The second-order valence-corrected chi connectivity index (χ2v) is 9.45. The van der Waals surface area contributed by atoms with Crippen LogP contribution >= 0.6 is 0 Å². The van der Waals surface area contributed by atoms with E-state index < -0.39 is 10.8 Å². The van der Waals surface area contributed by atoms with Crippen molar-refractivity contribution in [3.8, 4) is 5.75 Å². The summed E-state index contributed by atoms with van der Waals surface area (Å²) in [4.78, 5) is 17.5. The van der Waals surface area contributed by atoms with Gasteiger partial charge in [-0.05, 0) is 37.0 Å². The minimum atomic E-state index is -0.737. The van der Waals surface area contributed by atoms with Gasteiger partial charge in [0, 0.05) is 55.5 Å². The Balaban J connectivity index is 1.85. The Hall–Kier alpha value is -2.09. The summed E-state index contributed by atoms with van der Waals surface area (Å²) in [6, 6.07) is 7.97. The summed E-state index contributed by atoms with van der Waals surface area (Å²) in [5.41, 5.74) is 1.04. The number of benzene rings is 1. The largest absolute Gasteiger partial charge is 0.484 e. The molecule has 0 spiro atoms. The number of ether oxygens (including phenoxy) is 1. The second kappa shape index (κ2) is 11.8. The first-order valence-corrected chi connectivity index (χ1v) is 11.6. The number of hydrogen-bond donors (Lipinski definition) is 2. The summed E-state index contributed by atoms with van der Waals surface area (Å²) in [5, 5.41) is 7.09. The molecule has 162 valence electrons. The van der Waals surface area contributed by atoms with Gasteiger partial charge < -0.3 is 20.3 Å². The fraction of sp³-hybridized carbons (Fsp3) is 0.619. The molecule has 1 aromatic carbocycles. The van der Waals surface area contributed by atoms with Crippen molar-refractivity contribution in [2.75, 3.05) is 33.5 Å². The van der Waals surface area contributed by atoms with Crippen LogP contribution in [-0.4, -0.2) is 65.8 Å². The van der Waals surface area contributed by atoms with Crippen molar-refractivity contribution in [1.29, 1.82) is 0 Å². The Morgan fingerprint density at radius 2 is 2.14 bits per heavy atom. The fourth-order valence-corrected chi connectivity index (χ4v) is 4.69. The smallest absolute Gasteiger partial charge is 0.259 e. The van der Waals surface area contributed by atoms with Crippen LogP contribution < -0.4 is 15.4 Å². The normalized spacial score (nSPS) is 20.6. The molecule has 0 radical (unpaired) electrons. The van der Waals surface area contributed by atoms with Crippen molar-refractivity contribution < 1.29 is 13.7 Å². The van der Waals surface area contributed by atoms with Crippen LogP contribution in [0.25, 0.3) is 0 Å². The van der Waals surface area contributed by atoms with Gasteiger partial charge in [0.05, 0.1) is 0 Å². The molecule has 1 amide bonds. The lowest BCUT2D eigenvalue weighted by Gasteiger charge is -2.30. The minimum Gasteiger partial charge on any atom is -0.484 e. The van der Waals surface area contributed by atoms with E-state index in [1.165, 1.54) is 4.90 Å². The molecule has 0 aliphatic heterocycles. The van der Waals surface area contributed by atoms with Crippen LogP contribution in [0.5, 0.6) is 5.75 Å². The molecule has 1 aliphatic carbocycles. The first kappa shape index (κ1) is 23.2. The summed E-state index contributed by atoms with van der Waals surface area (Å²) in [7, 11) is 4.43. The van der Waals surface area contributed by atoms with Crippen LogP contribution in [0.1, 0.15) is 38.2 Å². The predicted octanol–water partition coefficient (Wildman–Crippen LogP) is 1.90. The molecule has 29 heavy (non-hydrogen) atoms. The molecule has 3 atom stereocenters. The number of nitrogens with zero attached hydrogens (tertiary/aromatic N) is 2. The molecule has 1 aliphatic rings. The highest BCUT2D eigenvalue weighted by atomic mass is 32.2. The van der Waals surface area contributed by atoms with Crippen LogP contribution in [0.3, 0.4) is 0 Å². The van der Waals surface area contributed by atoms with Crippen LogP contribution in [0, 0.1) is 0 Å². The molecular formula is C21H34N4O3S. The lowest BCUT2D eigenvalue weighted by atomic mass is 9.95. The molecule has 0 bridgehead atoms. The van der Waals surface area contributed by atoms with Gasteiger partial charge in [-0.15, -0.1) is 0 Å². The summed E-state index contributed by atoms with van der Waals surface area (Å²) < 4.78 is 17.7. The molecule has 1 aromatic rings. The van der Waals surface area contributed by atoms with Crippen molar-refractivity contribution in [2.45, 2.75) is 50.4 Å². The van der Waals surface area contributed by atoms with Crippen molar-refractivity contribution >= 4 is 22.7 Å². The molecule has 3 unspecified atom stereocenters. The fourth-order valence-electron chi connectivity index (χ4n) is 3.34. The maximum Gasteiger partial charge on any atom is 0.259 e. The van der Waals surface area contributed by atoms with Crippen molar-refractivity contribution in [3.63, 3.8) is 0 Å². The van der Waals surface area contributed by atoms with Crippen LogP contribution in [-0.2, 0) is 22.1 Å². The third-order valence-corrected chi connectivity index (χ3v) is 6.81. The second-order valence-electron chi connectivity index (χ2n) is 7.45. The molecule has 0 heterocycles. The van der Waals surface area contributed by atoms with Gasteiger partial charge in [-0.2, -0.15) is 0 Å². The Kier molecular flexibility index (Phi) is 9.44. The Morgan fingerprint density at radius 3 is 2.83 bits per heavy atom. The molecule has 1 saturated carbocycles. The number of hydrogen-bond acceptors (Lipinski definition) is 4. The van der Waals surface area contributed by atoms with Crippen LogP contribution in [0.4, 0.5) is 0 Å². The van der Waals surface area contributed by atoms with Gasteiger partial charge in [-0.25, -0.2) is 0 Å². The first-order chi connectivity index (χ1) is 13.9. The standard InChI is InChI=1S/C21H34N4O3S/c1-5-29(27)19-11-7-9-17(13-19)24-21(22-2)23-14-16-8-6-10-18(12-16)28-15-20(26)25(3)4/h6,8,10,12,17,19H,5,7,9,11,13-15H2,1-4H3,(H2,22,23,24). The van der Waals surface area contributed by atoms with Gasteiger partial charge in [-0.1, -0.05) is 25.5 Å². The topological polar surface area (TPSA) is 83.0 Å².